The highest BCUT2D eigenvalue weighted by Crippen LogP contribution is 2.17. The average molecular weight is 404 g/mol. The van der Waals surface area contributed by atoms with Crippen LogP contribution in [0.3, 0.4) is 0 Å². The fourth-order valence-corrected chi connectivity index (χ4v) is 6.59. The van der Waals surface area contributed by atoms with Gasteiger partial charge >= 0.3 is 8.56 Å². The lowest BCUT2D eigenvalue weighted by Gasteiger charge is -2.33. The molecule has 152 valence electrons. The molecule has 1 amide bonds. The number of carbonyl (C=O) groups is 1. The van der Waals surface area contributed by atoms with Gasteiger partial charge in [0.1, 0.15) is 5.82 Å². The molecule has 0 aliphatic carbocycles. The molecule has 0 heterocycles. The van der Waals surface area contributed by atoms with Crippen molar-refractivity contribution in [1.82, 2.24) is 4.90 Å². The summed E-state index contributed by atoms with van der Waals surface area (Å²) < 4.78 is 14.9. The maximum absolute atomic E-state index is 14.9. The summed E-state index contributed by atoms with van der Waals surface area (Å²) >= 11 is 0. The Kier molecular flexibility index (Phi) is 6.48. The zero-order valence-electron chi connectivity index (χ0n) is 17.7. The van der Waals surface area contributed by atoms with Crippen LogP contribution in [0.4, 0.5) is 4.39 Å². The molecule has 0 spiro atoms. The van der Waals surface area contributed by atoms with Gasteiger partial charge in [0.15, 0.2) is 0 Å². The van der Waals surface area contributed by atoms with Crippen LogP contribution < -0.4 is 10.4 Å². The number of carbonyl (C=O) groups excluding carboxylic acids is 1. The van der Waals surface area contributed by atoms with Gasteiger partial charge in [0.05, 0.1) is 0 Å². The van der Waals surface area contributed by atoms with Crippen LogP contribution in [0.25, 0.3) is 0 Å². The summed E-state index contributed by atoms with van der Waals surface area (Å²) in [7, 11) is -4.46. The SMILES string of the molecule is Cc1cc(C)c([Si](O)(O)c2c(F)cccc2C(=O)N(C(C)C)C(C)C)c(C)c1. The molecule has 0 fully saturated rings. The Morgan fingerprint density at radius 3 is 1.93 bits per heavy atom. The Hall–Kier alpha value is -2.02. The second-order valence-electron chi connectivity index (χ2n) is 8.01. The molecule has 2 N–H and O–H groups in total. The van der Waals surface area contributed by atoms with Gasteiger partial charge in [-0.05, 0) is 71.7 Å². The van der Waals surface area contributed by atoms with E-state index in [0.29, 0.717) is 16.3 Å². The minimum atomic E-state index is -4.46. The molecule has 2 aromatic rings. The molecule has 2 rings (SSSR count). The third-order valence-electron chi connectivity index (χ3n) is 4.97. The summed E-state index contributed by atoms with van der Waals surface area (Å²) in [6.07, 6.45) is 0. The lowest BCUT2D eigenvalue weighted by atomic mass is 10.1. The maximum atomic E-state index is 14.9. The van der Waals surface area contributed by atoms with Crippen molar-refractivity contribution in [1.29, 1.82) is 0 Å². The Bertz CT molecular complexity index is 862. The molecule has 0 bridgehead atoms. The predicted molar refractivity (Wildman–Crippen MR) is 113 cm³/mol. The second kappa shape index (κ2) is 8.15. The third-order valence-corrected chi connectivity index (χ3v) is 7.66. The van der Waals surface area contributed by atoms with Gasteiger partial charge in [0.25, 0.3) is 5.91 Å². The monoisotopic (exact) mass is 403 g/mol. The largest absolute Gasteiger partial charge is 0.406 e. The van der Waals surface area contributed by atoms with E-state index in [1.807, 2.05) is 46.8 Å². The van der Waals surface area contributed by atoms with Crippen LogP contribution in [-0.2, 0) is 0 Å². The molecule has 0 saturated heterocycles. The number of nitrogens with zero attached hydrogens (tertiary/aromatic N) is 1. The van der Waals surface area contributed by atoms with Gasteiger partial charge in [-0.3, -0.25) is 4.79 Å². The van der Waals surface area contributed by atoms with Crippen LogP contribution in [-0.4, -0.2) is 41.0 Å². The lowest BCUT2D eigenvalue weighted by Crippen LogP contribution is -2.64. The highest BCUT2D eigenvalue weighted by molar-refractivity contribution is 6.91. The van der Waals surface area contributed by atoms with Crippen molar-refractivity contribution >= 4 is 24.8 Å². The Morgan fingerprint density at radius 1 is 0.964 bits per heavy atom. The van der Waals surface area contributed by atoms with E-state index in [9.17, 15) is 18.8 Å². The molecule has 0 aromatic heterocycles. The Labute approximate surface area is 167 Å². The van der Waals surface area contributed by atoms with Crippen LogP contribution in [0.1, 0.15) is 54.7 Å². The van der Waals surface area contributed by atoms with Gasteiger partial charge in [-0.15, -0.1) is 0 Å². The summed E-state index contributed by atoms with van der Waals surface area (Å²) in [5, 5.41) is 0.0549. The van der Waals surface area contributed by atoms with Crippen LogP contribution in [0, 0.1) is 26.6 Å². The Balaban J connectivity index is 2.75. The Morgan fingerprint density at radius 2 is 1.46 bits per heavy atom. The first-order chi connectivity index (χ1) is 12.9. The molecule has 0 saturated carbocycles. The van der Waals surface area contributed by atoms with Gasteiger partial charge in [0.2, 0.25) is 0 Å². The van der Waals surface area contributed by atoms with E-state index in [1.54, 1.807) is 18.7 Å². The van der Waals surface area contributed by atoms with E-state index in [0.717, 1.165) is 5.56 Å². The highest BCUT2D eigenvalue weighted by Gasteiger charge is 2.44. The molecule has 0 aliphatic heterocycles. The summed E-state index contributed by atoms with van der Waals surface area (Å²) in [5.74, 6) is -1.17. The molecular formula is C22H30FNO3Si. The number of halogens is 1. The molecule has 0 unspecified atom stereocenters. The van der Waals surface area contributed by atoms with Crippen LogP contribution in [0.5, 0.6) is 0 Å². The molecule has 0 radical (unpaired) electrons. The van der Waals surface area contributed by atoms with Crippen molar-refractivity contribution in [2.45, 2.75) is 60.5 Å². The number of rotatable bonds is 5. The lowest BCUT2D eigenvalue weighted by molar-refractivity contribution is 0.0644. The van der Waals surface area contributed by atoms with E-state index in [-0.39, 0.29) is 22.8 Å². The first kappa shape index (κ1) is 22.3. The van der Waals surface area contributed by atoms with Crippen molar-refractivity contribution in [3.63, 3.8) is 0 Å². The van der Waals surface area contributed by atoms with E-state index < -0.39 is 20.3 Å². The number of aryl methyl sites for hydroxylation is 3. The predicted octanol–water partition coefficient (Wildman–Crippen LogP) is 2.55. The molecule has 28 heavy (non-hydrogen) atoms. The van der Waals surface area contributed by atoms with Gasteiger partial charge in [0, 0.05) is 28.0 Å². The van der Waals surface area contributed by atoms with Crippen molar-refractivity contribution in [3.05, 3.63) is 58.4 Å². The van der Waals surface area contributed by atoms with E-state index in [1.165, 1.54) is 18.2 Å². The number of benzene rings is 2. The zero-order chi connectivity index (χ0) is 21.4. The summed E-state index contributed by atoms with van der Waals surface area (Å²) in [6.45, 7) is 13.0. The maximum Gasteiger partial charge on any atom is 0.406 e. The zero-order valence-corrected chi connectivity index (χ0v) is 18.7. The quantitative estimate of drug-likeness (QED) is 0.755. The van der Waals surface area contributed by atoms with E-state index in [4.69, 9.17) is 0 Å². The van der Waals surface area contributed by atoms with Crippen molar-refractivity contribution in [2.24, 2.45) is 0 Å². The summed E-state index contributed by atoms with van der Waals surface area (Å²) in [4.78, 5) is 37.4. The van der Waals surface area contributed by atoms with E-state index in [2.05, 4.69) is 0 Å². The van der Waals surface area contributed by atoms with Crippen molar-refractivity contribution in [2.75, 3.05) is 0 Å². The van der Waals surface area contributed by atoms with Gasteiger partial charge in [-0.25, -0.2) is 4.39 Å². The standard InChI is InChI=1S/C22H30FNO3Si/c1-13(2)24(14(3)4)22(25)18-9-8-10-19(23)21(18)28(26,27)20-16(6)11-15(5)12-17(20)7/h8-14,26-27H,1-7H3. The molecule has 0 aliphatic rings. The number of amides is 1. The first-order valence-corrected chi connectivity index (χ1v) is 11.4. The molecule has 6 heteroatoms. The third kappa shape index (κ3) is 4.04. The molecular weight excluding hydrogens is 373 g/mol. The smallest absolute Gasteiger partial charge is 0.404 e. The normalized spacial score (nSPS) is 12.0. The van der Waals surface area contributed by atoms with Gasteiger partial charge < -0.3 is 14.5 Å². The molecule has 2 aromatic carbocycles. The minimum absolute atomic E-state index is 0.0124. The van der Waals surface area contributed by atoms with Crippen LogP contribution in [0.2, 0.25) is 0 Å². The van der Waals surface area contributed by atoms with Gasteiger partial charge in [-0.1, -0.05) is 23.8 Å². The van der Waals surface area contributed by atoms with E-state index >= 15 is 0 Å². The second-order valence-corrected chi connectivity index (χ2v) is 10.4. The fourth-order valence-electron chi connectivity index (χ4n) is 4.12. The number of hydrogen-bond donors (Lipinski definition) is 2. The first-order valence-electron chi connectivity index (χ1n) is 9.54. The summed E-state index contributed by atoms with van der Waals surface area (Å²) in [5.41, 5.74) is 2.36. The summed E-state index contributed by atoms with van der Waals surface area (Å²) in [6, 6.07) is 7.55. The topological polar surface area (TPSA) is 60.8 Å². The van der Waals surface area contributed by atoms with Gasteiger partial charge in [-0.2, -0.15) is 0 Å². The average Bonchev–Trinajstić information content (AvgIpc) is 2.52. The fraction of sp³-hybridized carbons (Fsp3) is 0.409. The minimum Gasteiger partial charge on any atom is -0.404 e. The van der Waals surface area contributed by atoms with Crippen LogP contribution >= 0.6 is 0 Å². The molecule has 0 atom stereocenters. The van der Waals surface area contributed by atoms with Crippen molar-refractivity contribution < 1.29 is 18.8 Å². The van der Waals surface area contributed by atoms with Crippen LogP contribution in [0.15, 0.2) is 30.3 Å². The van der Waals surface area contributed by atoms with Crippen molar-refractivity contribution in [3.8, 4) is 0 Å². The number of hydrogen-bond acceptors (Lipinski definition) is 3. The molecule has 4 nitrogen and oxygen atoms in total. The highest BCUT2D eigenvalue weighted by atomic mass is 28.4.